The highest BCUT2D eigenvalue weighted by Crippen LogP contribution is 2.32. The molecule has 0 bridgehead atoms. The van der Waals surface area contributed by atoms with Gasteiger partial charge in [0.1, 0.15) is 0 Å². The molecule has 0 unspecified atom stereocenters. The van der Waals surface area contributed by atoms with Crippen molar-refractivity contribution >= 4 is 26.7 Å². The summed E-state index contributed by atoms with van der Waals surface area (Å²) < 4.78 is 1.31. The van der Waals surface area contributed by atoms with Gasteiger partial charge in [-0.15, -0.1) is 0 Å². The van der Waals surface area contributed by atoms with Gasteiger partial charge in [0.25, 0.3) is 0 Å². The number of thiazole rings is 1. The van der Waals surface area contributed by atoms with E-state index < -0.39 is 0 Å². The van der Waals surface area contributed by atoms with Crippen molar-refractivity contribution in [3.05, 3.63) is 24.3 Å². The third-order valence-corrected chi connectivity index (χ3v) is 5.23. The van der Waals surface area contributed by atoms with Crippen LogP contribution in [-0.4, -0.2) is 18.1 Å². The lowest BCUT2D eigenvalue weighted by molar-refractivity contribution is 0.371. The first-order valence-corrected chi connectivity index (χ1v) is 8.29. The molecule has 1 aliphatic heterocycles. The summed E-state index contributed by atoms with van der Waals surface area (Å²) in [7, 11) is 0. The van der Waals surface area contributed by atoms with Crippen LogP contribution in [0.5, 0.6) is 0 Å². The summed E-state index contributed by atoms with van der Waals surface area (Å²) in [4.78, 5) is 7.25. The molecule has 1 aromatic carbocycles. The van der Waals surface area contributed by atoms with Crippen LogP contribution in [0.15, 0.2) is 24.3 Å². The van der Waals surface area contributed by atoms with Gasteiger partial charge in [-0.3, -0.25) is 0 Å². The van der Waals surface area contributed by atoms with Crippen molar-refractivity contribution in [3.8, 4) is 0 Å². The third kappa shape index (κ3) is 2.92. The van der Waals surface area contributed by atoms with Crippen molar-refractivity contribution in [1.29, 1.82) is 0 Å². The van der Waals surface area contributed by atoms with E-state index in [1.165, 1.54) is 55.0 Å². The highest BCUT2D eigenvalue weighted by Gasteiger charge is 2.20. The minimum Gasteiger partial charge on any atom is -0.348 e. The molecule has 0 radical (unpaired) electrons. The molecule has 3 heteroatoms. The van der Waals surface area contributed by atoms with Crippen LogP contribution in [0.25, 0.3) is 10.2 Å². The van der Waals surface area contributed by atoms with E-state index in [-0.39, 0.29) is 0 Å². The van der Waals surface area contributed by atoms with Crippen molar-refractivity contribution in [3.63, 3.8) is 0 Å². The fourth-order valence-corrected chi connectivity index (χ4v) is 3.92. The van der Waals surface area contributed by atoms with E-state index >= 15 is 0 Å². The number of anilines is 1. The molecule has 0 saturated carbocycles. The standard InChI is InChI=1S/C16H22N2S/c1-2-3-6-13-9-11-18(12-10-13)16-17-14-7-4-5-8-15(14)19-16/h4-5,7-8,13H,2-3,6,9-12H2,1H3. The van der Waals surface area contributed by atoms with Crippen molar-refractivity contribution in [2.24, 2.45) is 5.92 Å². The molecule has 0 aliphatic carbocycles. The highest BCUT2D eigenvalue weighted by molar-refractivity contribution is 7.22. The summed E-state index contributed by atoms with van der Waals surface area (Å²) in [6.45, 7) is 4.67. The van der Waals surface area contributed by atoms with Crippen LogP contribution in [0.1, 0.15) is 39.0 Å². The molecule has 2 heterocycles. The summed E-state index contributed by atoms with van der Waals surface area (Å²) in [6.07, 6.45) is 6.83. The lowest BCUT2D eigenvalue weighted by Crippen LogP contribution is -2.33. The molecule has 1 fully saturated rings. The molecule has 1 aliphatic rings. The van der Waals surface area contributed by atoms with Crippen molar-refractivity contribution in [1.82, 2.24) is 4.98 Å². The van der Waals surface area contributed by atoms with E-state index in [4.69, 9.17) is 4.98 Å². The monoisotopic (exact) mass is 274 g/mol. The second kappa shape index (κ2) is 5.91. The van der Waals surface area contributed by atoms with Gasteiger partial charge in [-0.2, -0.15) is 0 Å². The quantitative estimate of drug-likeness (QED) is 0.803. The molecule has 1 aromatic heterocycles. The van der Waals surface area contributed by atoms with Crippen LogP contribution in [-0.2, 0) is 0 Å². The van der Waals surface area contributed by atoms with Gasteiger partial charge in [0.2, 0.25) is 0 Å². The van der Waals surface area contributed by atoms with E-state index in [9.17, 15) is 0 Å². The van der Waals surface area contributed by atoms with Gasteiger partial charge in [-0.05, 0) is 30.9 Å². The Bertz CT molecular complexity index is 493. The predicted octanol–water partition coefficient (Wildman–Crippen LogP) is 4.70. The van der Waals surface area contributed by atoms with Crippen LogP contribution in [0.2, 0.25) is 0 Å². The molecule has 1 saturated heterocycles. The van der Waals surface area contributed by atoms with Gasteiger partial charge >= 0.3 is 0 Å². The van der Waals surface area contributed by atoms with E-state index in [0.29, 0.717) is 0 Å². The maximum atomic E-state index is 4.77. The number of nitrogens with zero attached hydrogens (tertiary/aromatic N) is 2. The lowest BCUT2D eigenvalue weighted by atomic mass is 9.92. The molecule has 19 heavy (non-hydrogen) atoms. The Kier molecular flexibility index (Phi) is 4.02. The number of para-hydroxylation sites is 1. The third-order valence-electron chi connectivity index (χ3n) is 4.13. The molecular formula is C16H22N2S. The summed E-state index contributed by atoms with van der Waals surface area (Å²) in [6, 6.07) is 8.46. The number of hydrogen-bond acceptors (Lipinski definition) is 3. The van der Waals surface area contributed by atoms with E-state index in [1.54, 1.807) is 0 Å². The minimum atomic E-state index is 0.950. The van der Waals surface area contributed by atoms with Crippen LogP contribution in [0, 0.1) is 5.92 Å². The van der Waals surface area contributed by atoms with Gasteiger partial charge in [-0.25, -0.2) is 4.98 Å². The van der Waals surface area contributed by atoms with Gasteiger partial charge in [0, 0.05) is 13.1 Å². The zero-order chi connectivity index (χ0) is 13.1. The Balaban J connectivity index is 1.64. The number of unbranched alkanes of at least 4 members (excludes halogenated alkanes) is 1. The molecule has 3 rings (SSSR count). The number of aromatic nitrogens is 1. The SMILES string of the molecule is CCCCC1CCN(c2nc3ccccc3s2)CC1. The van der Waals surface area contributed by atoms with Crippen LogP contribution in [0.3, 0.4) is 0 Å². The number of piperidine rings is 1. The molecule has 0 atom stereocenters. The molecule has 2 aromatic rings. The topological polar surface area (TPSA) is 16.1 Å². The molecule has 102 valence electrons. The van der Waals surface area contributed by atoms with Crippen LogP contribution < -0.4 is 4.90 Å². The van der Waals surface area contributed by atoms with E-state index in [1.807, 2.05) is 11.3 Å². The average molecular weight is 274 g/mol. The van der Waals surface area contributed by atoms with Gasteiger partial charge in [0.05, 0.1) is 10.2 Å². The molecule has 2 nitrogen and oxygen atoms in total. The Morgan fingerprint density at radius 3 is 2.79 bits per heavy atom. The zero-order valence-corrected chi connectivity index (χ0v) is 12.5. The maximum Gasteiger partial charge on any atom is 0.186 e. The smallest absolute Gasteiger partial charge is 0.186 e. The summed E-state index contributed by atoms with van der Waals surface area (Å²) >= 11 is 1.84. The van der Waals surface area contributed by atoms with Gasteiger partial charge in [-0.1, -0.05) is 49.7 Å². The summed E-state index contributed by atoms with van der Waals surface area (Å²) in [5.74, 6) is 0.950. The molecule has 0 N–H and O–H groups in total. The Morgan fingerprint density at radius 1 is 1.26 bits per heavy atom. The largest absolute Gasteiger partial charge is 0.348 e. The van der Waals surface area contributed by atoms with Crippen LogP contribution >= 0.6 is 11.3 Å². The predicted molar refractivity (Wildman–Crippen MR) is 84.1 cm³/mol. The Hall–Kier alpha value is -1.09. The summed E-state index contributed by atoms with van der Waals surface area (Å²) in [5.41, 5.74) is 1.15. The Morgan fingerprint density at radius 2 is 2.05 bits per heavy atom. The fraction of sp³-hybridized carbons (Fsp3) is 0.562. The molecular weight excluding hydrogens is 252 g/mol. The minimum absolute atomic E-state index is 0.950. The summed E-state index contributed by atoms with van der Waals surface area (Å²) in [5, 5.41) is 1.22. The fourth-order valence-electron chi connectivity index (χ4n) is 2.90. The average Bonchev–Trinajstić information content (AvgIpc) is 2.89. The number of hydrogen-bond donors (Lipinski definition) is 0. The zero-order valence-electron chi connectivity index (χ0n) is 11.6. The number of benzene rings is 1. The number of fused-ring (bicyclic) bond motifs is 1. The first kappa shape index (κ1) is 12.9. The van der Waals surface area contributed by atoms with E-state index in [2.05, 4.69) is 36.1 Å². The first-order chi connectivity index (χ1) is 9.36. The van der Waals surface area contributed by atoms with Crippen molar-refractivity contribution in [2.45, 2.75) is 39.0 Å². The van der Waals surface area contributed by atoms with E-state index in [0.717, 1.165) is 11.4 Å². The van der Waals surface area contributed by atoms with Gasteiger partial charge in [0.15, 0.2) is 5.13 Å². The van der Waals surface area contributed by atoms with Gasteiger partial charge < -0.3 is 4.90 Å². The highest BCUT2D eigenvalue weighted by atomic mass is 32.1. The molecule has 0 spiro atoms. The normalized spacial score (nSPS) is 17.2. The van der Waals surface area contributed by atoms with Crippen molar-refractivity contribution in [2.75, 3.05) is 18.0 Å². The van der Waals surface area contributed by atoms with Crippen LogP contribution in [0.4, 0.5) is 5.13 Å². The second-order valence-corrected chi connectivity index (χ2v) is 6.55. The lowest BCUT2D eigenvalue weighted by Gasteiger charge is -2.31. The molecule has 0 amide bonds. The number of rotatable bonds is 4. The Labute approximate surface area is 119 Å². The first-order valence-electron chi connectivity index (χ1n) is 7.47. The maximum absolute atomic E-state index is 4.77. The second-order valence-electron chi connectivity index (χ2n) is 5.54. The van der Waals surface area contributed by atoms with Crippen molar-refractivity contribution < 1.29 is 0 Å².